The van der Waals surface area contributed by atoms with E-state index in [1.807, 2.05) is 42.2 Å². The highest BCUT2D eigenvalue weighted by Crippen LogP contribution is 2.30. The van der Waals surface area contributed by atoms with Gasteiger partial charge in [0.25, 0.3) is 5.91 Å². The van der Waals surface area contributed by atoms with Gasteiger partial charge in [0.15, 0.2) is 0 Å². The largest absolute Gasteiger partial charge is 0.338 e. The van der Waals surface area contributed by atoms with Crippen molar-refractivity contribution < 1.29 is 4.79 Å². The molecule has 3 rings (SSSR count). The van der Waals surface area contributed by atoms with E-state index in [0.29, 0.717) is 5.92 Å². The second kappa shape index (κ2) is 7.90. The Balaban J connectivity index is 1.73. The lowest BCUT2D eigenvalue weighted by Crippen LogP contribution is -2.40. The standard InChI is InChI=1S/C19H25N3OS/c1-3-20-13-15-9-11-22(12-10-15)19(23)18-17(21-14(2)24-18)16-7-5-4-6-8-16/h4-8,15,20H,3,9-13H2,1-2H3. The smallest absolute Gasteiger partial charge is 0.266 e. The molecule has 24 heavy (non-hydrogen) atoms. The summed E-state index contributed by atoms with van der Waals surface area (Å²) in [6, 6.07) is 10.0. The number of benzene rings is 1. The molecule has 1 fully saturated rings. The van der Waals surface area contributed by atoms with Gasteiger partial charge in [-0.05, 0) is 38.8 Å². The minimum Gasteiger partial charge on any atom is -0.338 e. The number of thiazole rings is 1. The number of carbonyl (C=O) groups is 1. The fourth-order valence-electron chi connectivity index (χ4n) is 3.20. The summed E-state index contributed by atoms with van der Waals surface area (Å²) in [5, 5.41) is 4.36. The number of piperidine rings is 1. The quantitative estimate of drug-likeness (QED) is 0.902. The second-order valence-corrected chi connectivity index (χ2v) is 7.52. The molecule has 1 aromatic carbocycles. The Morgan fingerprint density at radius 1 is 1.29 bits per heavy atom. The number of aromatic nitrogens is 1. The number of hydrogen-bond acceptors (Lipinski definition) is 4. The van der Waals surface area contributed by atoms with Crippen LogP contribution in [0.5, 0.6) is 0 Å². The van der Waals surface area contributed by atoms with Crippen molar-refractivity contribution in [3.05, 3.63) is 40.2 Å². The molecular weight excluding hydrogens is 318 g/mol. The van der Waals surface area contributed by atoms with E-state index >= 15 is 0 Å². The van der Waals surface area contributed by atoms with E-state index in [1.165, 1.54) is 11.3 Å². The fourth-order valence-corrected chi connectivity index (χ4v) is 4.10. The van der Waals surface area contributed by atoms with Crippen LogP contribution < -0.4 is 5.32 Å². The maximum Gasteiger partial charge on any atom is 0.266 e. The van der Waals surface area contributed by atoms with Crippen molar-refractivity contribution in [3.63, 3.8) is 0 Å². The summed E-state index contributed by atoms with van der Waals surface area (Å²) in [6.07, 6.45) is 2.16. The number of nitrogens with one attached hydrogen (secondary N) is 1. The zero-order chi connectivity index (χ0) is 16.9. The third-order valence-corrected chi connectivity index (χ3v) is 5.52. The number of amides is 1. The van der Waals surface area contributed by atoms with Crippen molar-refractivity contribution in [1.29, 1.82) is 0 Å². The first-order valence-electron chi connectivity index (χ1n) is 8.72. The van der Waals surface area contributed by atoms with Crippen LogP contribution in [0, 0.1) is 12.8 Å². The Kier molecular flexibility index (Phi) is 5.63. The maximum atomic E-state index is 13.0. The SMILES string of the molecule is CCNCC1CCN(C(=O)c2sc(C)nc2-c2ccccc2)CC1. The maximum absolute atomic E-state index is 13.0. The van der Waals surface area contributed by atoms with Crippen molar-refractivity contribution in [2.45, 2.75) is 26.7 Å². The molecule has 0 aliphatic carbocycles. The van der Waals surface area contributed by atoms with Gasteiger partial charge in [0.2, 0.25) is 0 Å². The van der Waals surface area contributed by atoms with Crippen LogP contribution in [0.3, 0.4) is 0 Å². The van der Waals surface area contributed by atoms with Crippen LogP contribution in [-0.2, 0) is 0 Å². The molecule has 2 heterocycles. The predicted molar refractivity (Wildman–Crippen MR) is 99.5 cm³/mol. The summed E-state index contributed by atoms with van der Waals surface area (Å²) >= 11 is 1.51. The molecule has 0 radical (unpaired) electrons. The van der Waals surface area contributed by atoms with Crippen LogP contribution in [0.4, 0.5) is 0 Å². The van der Waals surface area contributed by atoms with Gasteiger partial charge in [-0.3, -0.25) is 4.79 Å². The van der Waals surface area contributed by atoms with Gasteiger partial charge < -0.3 is 10.2 Å². The van der Waals surface area contributed by atoms with E-state index in [9.17, 15) is 4.79 Å². The molecule has 2 aromatic rings. The van der Waals surface area contributed by atoms with Gasteiger partial charge in [-0.15, -0.1) is 11.3 Å². The number of aryl methyl sites for hydroxylation is 1. The van der Waals surface area contributed by atoms with Crippen LogP contribution in [0.25, 0.3) is 11.3 Å². The first-order valence-corrected chi connectivity index (χ1v) is 9.53. The molecule has 0 atom stereocenters. The lowest BCUT2D eigenvalue weighted by molar-refractivity contribution is 0.0695. The second-order valence-electron chi connectivity index (χ2n) is 6.32. The van der Waals surface area contributed by atoms with E-state index in [2.05, 4.69) is 17.2 Å². The van der Waals surface area contributed by atoms with Crippen LogP contribution in [-0.4, -0.2) is 42.0 Å². The average Bonchev–Trinajstić information content (AvgIpc) is 3.02. The van der Waals surface area contributed by atoms with Crippen LogP contribution >= 0.6 is 11.3 Å². The molecule has 0 bridgehead atoms. The minimum atomic E-state index is 0.140. The number of likely N-dealkylation sites (tertiary alicyclic amines) is 1. The van der Waals surface area contributed by atoms with E-state index in [4.69, 9.17) is 0 Å². The van der Waals surface area contributed by atoms with Gasteiger partial charge in [-0.25, -0.2) is 4.98 Å². The molecule has 5 heteroatoms. The molecule has 0 unspecified atom stereocenters. The van der Waals surface area contributed by atoms with Crippen LogP contribution in [0.2, 0.25) is 0 Å². The summed E-state index contributed by atoms with van der Waals surface area (Å²) in [5.41, 5.74) is 1.85. The van der Waals surface area contributed by atoms with Crippen molar-refractivity contribution in [3.8, 4) is 11.3 Å². The highest BCUT2D eigenvalue weighted by Gasteiger charge is 2.27. The van der Waals surface area contributed by atoms with Crippen molar-refractivity contribution in [1.82, 2.24) is 15.2 Å². The fraction of sp³-hybridized carbons (Fsp3) is 0.474. The van der Waals surface area contributed by atoms with Gasteiger partial charge in [0.1, 0.15) is 4.88 Å². The zero-order valence-corrected chi connectivity index (χ0v) is 15.2. The van der Waals surface area contributed by atoms with E-state index < -0.39 is 0 Å². The molecule has 1 amide bonds. The Bertz CT molecular complexity index is 675. The van der Waals surface area contributed by atoms with Crippen molar-refractivity contribution >= 4 is 17.2 Å². The molecule has 4 nitrogen and oxygen atoms in total. The van der Waals surface area contributed by atoms with Crippen molar-refractivity contribution in [2.24, 2.45) is 5.92 Å². The first kappa shape index (κ1) is 17.1. The molecule has 0 spiro atoms. The topological polar surface area (TPSA) is 45.2 Å². The number of rotatable bonds is 5. The summed E-state index contributed by atoms with van der Waals surface area (Å²) in [6.45, 7) is 7.87. The Morgan fingerprint density at radius 3 is 2.67 bits per heavy atom. The van der Waals surface area contributed by atoms with E-state index in [0.717, 1.165) is 60.2 Å². The Morgan fingerprint density at radius 2 is 2.00 bits per heavy atom. The normalized spacial score (nSPS) is 15.7. The van der Waals surface area contributed by atoms with Crippen molar-refractivity contribution in [2.75, 3.05) is 26.2 Å². The molecular formula is C19H25N3OS. The average molecular weight is 343 g/mol. The highest BCUT2D eigenvalue weighted by molar-refractivity contribution is 7.14. The van der Waals surface area contributed by atoms with Gasteiger partial charge in [0.05, 0.1) is 10.7 Å². The molecule has 128 valence electrons. The van der Waals surface area contributed by atoms with Gasteiger partial charge in [0, 0.05) is 18.7 Å². The molecule has 1 aromatic heterocycles. The van der Waals surface area contributed by atoms with Gasteiger partial charge in [-0.1, -0.05) is 37.3 Å². The van der Waals surface area contributed by atoms with E-state index in [-0.39, 0.29) is 5.91 Å². The first-order chi connectivity index (χ1) is 11.7. The van der Waals surface area contributed by atoms with Gasteiger partial charge in [-0.2, -0.15) is 0 Å². The van der Waals surface area contributed by atoms with E-state index in [1.54, 1.807) is 0 Å². The number of nitrogens with zero attached hydrogens (tertiary/aromatic N) is 2. The summed E-state index contributed by atoms with van der Waals surface area (Å²) in [7, 11) is 0. The third-order valence-electron chi connectivity index (χ3n) is 4.56. The lowest BCUT2D eigenvalue weighted by atomic mass is 9.96. The molecule has 1 N–H and O–H groups in total. The number of carbonyl (C=O) groups excluding carboxylic acids is 1. The summed E-state index contributed by atoms with van der Waals surface area (Å²) in [4.78, 5) is 20.4. The van der Waals surface area contributed by atoms with Crippen LogP contribution in [0.15, 0.2) is 30.3 Å². The Hall–Kier alpha value is -1.72. The summed E-state index contributed by atoms with van der Waals surface area (Å²) in [5.74, 6) is 0.826. The molecule has 1 aliphatic rings. The lowest BCUT2D eigenvalue weighted by Gasteiger charge is -2.32. The molecule has 0 saturated carbocycles. The summed E-state index contributed by atoms with van der Waals surface area (Å²) < 4.78 is 0. The molecule has 1 aliphatic heterocycles. The third kappa shape index (κ3) is 3.84. The van der Waals surface area contributed by atoms with Crippen LogP contribution in [0.1, 0.15) is 34.4 Å². The zero-order valence-electron chi connectivity index (χ0n) is 14.4. The highest BCUT2D eigenvalue weighted by atomic mass is 32.1. The minimum absolute atomic E-state index is 0.140. The number of hydrogen-bond donors (Lipinski definition) is 1. The van der Waals surface area contributed by atoms with Gasteiger partial charge >= 0.3 is 0 Å². The predicted octanol–water partition coefficient (Wildman–Crippen LogP) is 3.58. The molecule has 1 saturated heterocycles. The monoisotopic (exact) mass is 343 g/mol. The Labute approximate surface area is 147 Å².